The molecule has 3 aromatic rings. The molecule has 148 valence electrons. The third-order valence-corrected chi connectivity index (χ3v) is 5.39. The van der Waals surface area contributed by atoms with Gasteiger partial charge in [-0.1, -0.05) is 61.0 Å². The molecular weight excluding hydrogens is 380 g/mol. The van der Waals surface area contributed by atoms with Crippen LogP contribution in [0, 0.1) is 6.92 Å². The summed E-state index contributed by atoms with van der Waals surface area (Å²) >= 11 is 1.51. The predicted molar refractivity (Wildman–Crippen MR) is 119 cm³/mol. The molecule has 2 amide bonds. The number of hydrogen-bond donors (Lipinski definition) is 2. The fourth-order valence-electron chi connectivity index (χ4n) is 2.81. The Morgan fingerprint density at radius 3 is 2.38 bits per heavy atom. The summed E-state index contributed by atoms with van der Waals surface area (Å²) in [5, 5.41) is 7.64. The summed E-state index contributed by atoms with van der Waals surface area (Å²) in [7, 11) is 0. The molecule has 5 heteroatoms. The van der Waals surface area contributed by atoms with Crippen LogP contribution in [-0.2, 0) is 4.79 Å². The minimum Gasteiger partial charge on any atom is -0.350 e. The summed E-state index contributed by atoms with van der Waals surface area (Å²) in [6.07, 6.45) is 1.71. The fourth-order valence-corrected chi connectivity index (χ4v) is 3.47. The molecule has 1 heterocycles. The highest BCUT2D eigenvalue weighted by atomic mass is 32.1. The highest BCUT2D eigenvalue weighted by molar-refractivity contribution is 7.10. The van der Waals surface area contributed by atoms with Crippen molar-refractivity contribution in [1.82, 2.24) is 10.6 Å². The zero-order valence-corrected chi connectivity index (χ0v) is 17.3. The molecule has 1 atom stereocenters. The van der Waals surface area contributed by atoms with Gasteiger partial charge in [-0.2, -0.15) is 0 Å². The van der Waals surface area contributed by atoms with Crippen LogP contribution < -0.4 is 10.6 Å². The molecule has 3 rings (SSSR count). The second-order valence-electron chi connectivity index (χ2n) is 6.92. The summed E-state index contributed by atoms with van der Waals surface area (Å²) in [6.45, 7) is 4.50. The molecule has 0 bridgehead atoms. The normalized spacial score (nSPS) is 12.3. The minimum atomic E-state index is -0.306. The van der Waals surface area contributed by atoms with Crippen LogP contribution in [0.5, 0.6) is 0 Å². The molecule has 0 aliphatic heterocycles. The fraction of sp³-hybridized carbons (Fsp3) is 0.167. The average Bonchev–Trinajstić information content (AvgIpc) is 3.25. The molecule has 0 aliphatic carbocycles. The van der Waals surface area contributed by atoms with Gasteiger partial charge in [0.25, 0.3) is 11.8 Å². The maximum Gasteiger partial charge on any atom is 0.267 e. The van der Waals surface area contributed by atoms with Gasteiger partial charge in [0.2, 0.25) is 0 Å². The topological polar surface area (TPSA) is 58.2 Å². The molecule has 0 fully saturated rings. The van der Waals surface area contributed by atoms with Crippen LogP contribution in [0.25, 0.3) is 6.08 Å². The van der Waals surface area contributed by atoms with Crippen molar-refractivity contribution in [2.75, 3.05) is 6.54 Å². The largest absolute Gasteiger partial charge is 0.350 e. The van der Waals surface area contributed by atoms with E-state index in [-0.39, 0.29) is 23.4 Å². The summed E-state index contributed by atoms with van der Waals surface area (Å²) in [4.78, 5) is 26.4. The minimum absolute atomic E-state index is 0.163. The zero-order valence-electron chi connectivity index (χ0n) is 16.5. The summed E-state index contributed by atoms with van der Waals surface area (Å²) in [5.41, 5.74) is 2.97. The Hall–Kier alpha value is -3.18. The Labute approximate surface area is 175 Å². The van der Waals surface area contributed by atoms with E-state index in [9.17, 15) is 9.59 Å². The van der Waals surface area contributed by atoms with Gasteiger partial charge in [0.15, 0.2) is 0 Å². The predicted octanol–water partition coefficient (Wildman–Crippen LogP) is 4.75. The molecule has 29 heavy (non-hydrogen) atoms. The number of hydrogen-bond acceptors (Lipinski definition) is 3. The van der Waals surface area contributed by atoms with Gasteiger partial charge in [-0.3, -0.25) is 9.59 Å². The van der Waals surface area contributed by atoms with Crippen molar-refractivity contribution < 1.29 is 9.59 Å². The lowest BCUT2D eigenvalue weighted by Crippen LogP contribution is -2.36. The number of aryl methyl sites for hydroxylation is 1. The van der Waals surface area contributed by atoms with Gasteiger partial charge in [-0.05, 0) is 48.1 Å². The van der Waals surface area contributed by atoms with E-state index in [0.29, 0.717) is 12.1 Å². The van der Waals surface area contributed by atoms with E-state index >= 15 is 0 Å². The van der Waals surface area contributed by atoms with E-state index < -0.39 is 0 Å². The summed E-state index contributed by atoms with van der Waals surface area (Å²) < 4.78 is 0. The van der Waals surface area contributed by atoms with Gasteiger partial charge < -0.3 is 10.6 Å². The number of carbonyl (C=O) groups is 2. The Morgan fingerprint density at radius 1 is 1.00 bits per heavy atom. The molecule has 0 saturated heterocycles. The monoisotopic (exact) mass is 404 g/mol. The Bertz CT molecular complexity index is 977. The highest BCUT2D eigenvalue weighted by Crippen LogP contribution is 2.15. The molecule has 0 radical (unpaired) electrons. The lowest BCUT2D eigenvalue weighted by Gasteiger charge is -2.15. The van der Waals surface area contributed by atoms with E-state index in [1.807, 2.05) is 66.9 Å². The molecule has 0 saturated carbocycles. The summed E-state index contributed by atoms with van der Waals surface area (Å²) in [5.74, 6) is -0.448. The van der Waals surface area contributed by atoms with E-state index in [1.165, 1.54) is 11.3 Å². The number of thiophene rings is 1. The number of benzene rings is 2. The quantitative estimate of drug-likeness (QED) is 0.559. The number of amides is 2. The molecular formula is C24H24N2O2S. The van der Waals surface area contributed by atoms with E-state index in [2.05, 4.69) is 17.6 Å². The number of rotatable bonds is 7. The van der Waals surface area contributed by atoms with Crippen LogP contribution in [0.1, 0.15) is 39.2 Å². The first-order valence-corrected chi connectivity index (χ1v) is 10.4. The highest BCUT2D eigenvalue weighted by Gasteiger charge is 2.16. The van der Waals surface area contributed by atoms with Crippen molar-refractivity contribution in [2.45, 2.75) is 19.8 Å². The van der Waals surface area contributed by atoms with Gasteiger partial charge in [0.05, 0.1) is 0 Å². The zero-order chi connectivity index (χ0) is 20.6. The van der Waals surface area contributed by atoms with E-state index in [1.54, 1.807) is 18.2 Å². The summed E-state index contributed by atoms with van der Waals surface area (Å²) in [6, 6.07) is 21.1. The van der Waals surface area contributed by atoms with Crippen LogP contribution in [0.3, 0.4) is 0 Å². The first-order chi connectivity index (χ1) is 14.0. The molecule has 0 spiro atoms. The van der Waals surface area contributed by atoms with Crippen molar-refractivity contribution in [1.29, 1.82) is 0 Å². The first-order valence-electron chi connectivity index (χ1n) is 9.49. The van der Waals surface area contributed by atoms with Crippen LogP contribution in [0.2, 0.25) is 0 Å². The second kappa shape index (κ2) is 9.85. The Balaban J connectivity index is 1.72. The van der Waals surface area contributed by atoms with Crippen molar-refractivity contribution in [3.8, 4) is 0 Å². The smallest absolute Gasteiger partial charge is 0.267 e. The van der Waals surface area contributed by atoms with Gasteiger partial charge >= 0.3 is 0 Å². The van der Waals surface area contributed by atoms with Crippen LogP contribution >= 0.6 is 11.3 Å². The van der Waals surface area contributed by atoms with Crippen molar-refractivity contribution >= 4 is 29.2 Å². The van der Waals surface area contributed by atoms with Crippen molar-refractivity contribution in [3.05, 3.63) is 99.4 Å². The lowest BCUT2D eigenvalue weighted by atomic mass is 10.0. The third-order valence-electron chi connectivity index (χ3n) is 4.57. The molecule has 2 aromatic carbocycles. The van der Waals surface area contributed by atoms with E-state index in [4.69, 9.17) is 0 Å². The standard InChI is InChI=1S/C24H24N2O2S/c1-17-10-12-20(13-11-17)23(27)26-22(15-21-9-6-14-29-21)24(28)25-16-18(2)19-7-4-3-5-8-19/h3-15,18H,16H2,1-2H3,(H,25,28)(H,26,27)/b22-15-/t18-/m0/s1. The van der Waals surface area contributed by atoms with Gasteiger partial charge in [0.1, 0.15) is 5.70 Å². The second-order valence-corrected chi connectivity index (χ2v) is 7.89. The van der Waals surface area contributed by atoms with Crippen LogP contribution in [0.15, 0.2) is 77.8 Å². The van der Waals surface area contributed by atoms with Gasteiger partial charge in [-0.25, -0.2) is 0 Å². The lowest BCUT2D eigenvalue weighted by molar-refractivity contribution is -0.117. The maximum atomic E-state index is 12.8. The number of nitrogens with one attached hydrogen (secondary N) is 2. The molecule has 0 unspecified atom stereocenters. The SMILES string of the molecule is Cc1ccc(C(=O)N/C(=C\c2cccs2)C(=O)NC[C@H](C)c2ccccc2)cc1. The Morgan fingerprint density at radius 2 is 1.72 bits per heavy atom. The molecule has 1 aromatic heterocycles. The van der Waals surface area contributed by atoms with Crippen molar-refractivity contribution in [2.24, 2.45) is 0 Å². The molecule has 2 N–H and O–H groups in total. The van der Waals surface area contributed by atoms with Crippen LogP contribution in [-0.4, -0.2) is 18.4 Å². The van der Waals surface area contributed by atoms with Gasteiger partial charge in [0, 0.05) is 17.0 Å². The first kappa shape index (κ1) is 20.6. The van der Waals surface area contributed by atoms with Crippen molar-refractivity contribution in [3.63, 3.8) is 0 Å². The molecule has 4 nitrogen and oxygen atoms in total. The molecule has 0 aliphatic rings. The van der Waals surface area contributed by atoms with E-state index in [0.717, 1.165) is 16.0 Å². The van der Waals surface area contributed by atoms with Crippen LogP contribution in [0.4, 0.5) is 0 Å². The number of carbonyl (C=O) groups excluding carboxylic acids is 2. The Kier molecular flexibility index (Phi) is 6.98. The average molecular weight is 405 g/mol. The van der Waals surface area contributed by atoms with Gasteiger partial charge in [-0.15, -0.1) is 11.3 Å². The third kappa shape index (κ3) is 5.90. The maximum absolute atomic E-state index is 12.8.